The Balaban J connectivity index is 1.48. The number of nitrogens with zero attached hydrogens (tertiary/aromatic N) is 3. The van der Waals surface area contributed by atoms with Crippen LogP contribution in [0.3, 0.4) is 0 Å². The van der Waals surface area contributed by atoms with Crippen LogP contribution >= 0.6 is 22.9 Å². The summed E-state index contributed by atoms with van der Waals surface area (Å²) in [5, 5.41) is 6.02. The molecule has 27 heavy (non-hydrogen) atoms. The quantitative estimate of drug-likeness (QED) is 0.706. The highest BCUT2D eigenvalue weighted by molar-refractivity contribution is 7.14. The fraction of sp³-hybridized carbons (Fsp3) is 0.211. The number of hydrogen-bond acceptors (Lipinski definition) is 4. The number of halogens is 1. The van der Waals surface area contributed by atoms with Crippen molar-refractivity contribution in [2.75, 3.05) is 16.8 Å². The van der Waals surface area contributed by atoms with Gasteiger partial charge in [-0.2, -0.15) is 0 Å². The molecule has 0 bridgehead atoms. The number of aromatic nitrogens is 2. The van der Waals surface area contributed by atoms with Gasteiger partial charge in [0.1, 0.15) is 0 Å². The molecule has 138 valence electrons. The second kappa shape index (κ2) is 7.54. The van der Waals surface area contributed by atoms with Gasteiger partial charge in [-0.05, 0) is 36.8 Å². The van der Waals surface area contributed by atoms with Crippen molar-refractivity contribution in [3.8, 4) is 5.69 Å². The Kier molecular flexibility index (Phi) is 4.96. The van der Waals surface area contributed by atoms with Crippen molar-refractivity contribution in [3.05, 3.63) is 58.8 Å². The van der Waals surface area contributed by atoms with Crippen molar-refractivity contribution in [2.45, 2.75) is 19.3 Å². The van der Waals surface area contributed by atoms with E-state index in [9.17, 15) is 9.59 Å². The smallest absolute Gasteiger partial charge is 0.230 e. The van der Waals surface area contributed by atoms with Crippen LogP contribution in [0.15, 0.2) is 48.1 Å². The minimum Gasteiger partial charge on any atom is -0.324 e. The van der Waals surface area contributed by atoms with Crippen LogP contribution in [0.2, 0.25) is 5.02 Å². The second-order valence-corrected chi connectivity index (χ2v) is 7.52. The zero-order valence-electron chi connectivity index (χ0n) is 14.4. The molecule has 0 radical (unpaired) electrons. The number of thiazole rings is 1. The molecule has 8 heteroatoms. The molecule has 3 heterocycles. The summed E-state index contributed by atoms with van der Waals surface area (Å²) in [5.41, 5.74) is 2.12. The summed E-state index contributed by atoms with van der Waals surface area (Å²) < 4.78 is 1.89. The van der Waals surface area contributed by atoms with Gasteiger partial charge in [0.15, 0.2) is 5.13 Å². The maximum absolute atomic E-state index is 12.5. The van der Waals surface area contributed by atoms with Gasteiger partial charge in [-0.25, -0.2) is 4.98 Å². The van der Waals surface area contributed by atoms with Gasteiger partial charge < -0.3 is 9.88 Å². The van der Waals surface area contributed by atoms with E-state index in [-0.39, 0.29) is 18.2 Å². The molecule has 1 N–H and O–H groups in total. The maximum Gasteiger partial charge on any atom is 0.230 e. The van der Waals surface area contributed by atoms with Crippen LogP contribution in [0.4, 0.5) is 10.8 Å². The number of anilines is 2. The van der Waals surface area contributed by atoms with Gasteiger partial charge in [0, 0.05) is 35.8 Å². The molecule has 1 aliphatic heterocycles. The van der Waals surface area contributed by atoms with E-state index in [4.69, 9.17) is 11.6 Å². The molecule has 0 spiro atoms. The molecular weight excluding hydrogens is 384 g/mol. The van der Waals surface area contributed by atoms with E-state index in [0.29, 0.717) is 34.5 Å². The normalized spacial score (nSPS) is 14.0. The van der Waals surface area contributed by atoms with Crippen LogP contribution in [-0.4, -0.2) is 27.9 Å². The molecule has 3 aromatic rings. The number of nitrogens with one attached hydrogen (secondary N) is 1. The molecule has 0 unspecified atom stereocenters. The highest BCUT2D eigenvalue weighted by Gasteiger charge is 2.24. The average molecular weight is 401 g/mol. The fourth-order valence-corrected chi connectivity index (χ4v) is 4.06. The molecule has 1 saturated heterocycles. The van der Waals surface area contributed by atoms with E-state index in [0.717, 1.165) is 12.1 Å². The van der Waals surface area contributed by atoms with Crippen LogP contribution in [0, 0.1) is 0 Å². The van der Waals surface area contributed by atoms with Gasteiger partial charge in [-0.1, -0.05) is 11.6 Å². The Labute approximate surface area is 165 Å². The van der Waals surface area contributed by atoms with Crippen LogP contribution in [-0.2, 0) is 16.0 Å². The van der Waals surface area contributed by atoms with Crippen LogP contribution in [0.5, 0.6) is 0 Å². The third-order valence-electron chi connectivity index (χ3n) is 4.30. The van der Waals surface area contributed by atoms with E-state index in [1.165, 1.54) is 11.3 Å². The standard InChI is InChI=1S/C19H17ClN4O2S/c20-13-5-6-15(16(10-13)23-7-1-2-8-23)22-17(25)11-14-12-27-19(21-14)24-9-3-4-18(24)26/h1-2,5-8,10,12H,3-4,9,11H2,(H,22,25). The second-order valence-electron chi connectivity index (χ2n) is 6.25. The van der Waals surface area contributed by atoms with Crippen molar-refractivity contribution >= 4 is 45.6 Å². The van der Waals surface area contributed by atoms with E-state index in [1.54, 1.807) is 23.1 Å². The predicted octanol–water partition coefficient (Wildman–Crippen LogP) is 3.90. The van der Waals surface area contributed by atoms with Crippen LogP contribution in [0.25, 0.3) is 5.69 Å². The highest BCUT2D eigenvalue weighted by atomic mass is 35.5. The zero-order valence-corrected chi connectivity index (χ0v) is 16.0. The summed E-state index contributed by atoms with van der Waals surface area (Å²) in [4.78, 5) is 30.5. The first kappa shape index (κ1) is 17.8. The third-order valence-corrected chi connectivity index (χ3v) is 5.45. The Bertz CT molecular complexity index is 984. The number of carbonyl (C=O) groups excluding carboxylic acids is 2. The van der Waals surface area contributed by atoms with Gasteiger partial charge >= 0.3 is 0 Å². The summed E-state index contributed by atoms with van der Waals surface area (Å²) in [6.07, 6.45) is 5.34. The molecule has 4 rings (SSSR count). The topological polar surface area (TPSA) is 67.2 Å². The molecule has 0 aliphatic carbocycles. The number of rotatable bonds is 5. The SMILES string of the molecule is O=C(Cc1csc(N2CCCC2=O)n1)Nc1ccc(Cl)cc1-n1cccc1. The Morgan fingerprint density at radius 1 is 1.30 bits per heavy atom. The molecule has 2 aromatic heterocycles. The Morgan fingerprint density at radius 3 is 2.85 bits per heavy atom. The van der Waals surface area contributed by atoms with Crippen molar-refractivity contribution < 1.29 is 9.59 Å². The van der Waals surface area contributed by atoms with Crippen molar-refractivity contribution in [1.29, 1.82) is 0 Å². The number of hydrogen-bond donors (Lipinski definition) is 1. The van der Waals surface area contributed by atoms with Crippen molar-refractivity contribution in [2.24, 2.45) is 0 Å². The third kappa shape index (κ3) is 3.89. The minimum absolute atomic E-state index is 0.0953. The van der Waals surface area contributed by atoms with E-state index in [2.05, 4.69) is 10.3 Å². The first-order valence-electron chi connectivity index (χ1n) is 8.58. The van der Waals surface area contributed by atoms with E-state index < -0.39 is 0 Å². The van der Waals surface area contributed by atoms with Gasteiger partial charge in [-0.3, -0.25) is 14.5 Å². The molecule has 0 saturated carbocycles. The molecule has 1 fully saturated rings. The van der Waals surface area contributed by atoms with Gasteiger partial charge in [0.05, 0.1) is 23.5 Å². The first-order chi connectivity index (χ1) is 13.1. The zero-order chi connectivity index (χ0) is 18.8. The summed E-state index contributed by atoms with van der Waals surface area (Å²) in [6, 6.07) is 9.14. The first-order valence-corrected chi connectivity index (χ1v) is 9.83. The predicted molar refractivity (Wildman–Crippen MR) is 107 cm³/mol. The lowest BCUT2D eigenvalue weighted by atomic mass is 10.2. The monoisotopic (exact) mass is 400 g/mol. The van der Waals surface area contributed by atoms with Crippen LogP contribution < -0.4 is 10.2 Å². The molecule has 1 aromatic carbocycles. The lowest BCUT2D eigenvalue weighted by molar-refractivity contribution is -0.117. The van der Waals surface area contributed by atoms with Crippen LogP contribution in [0.1, 0.15) is 18.5 Å². The Hall–Kier alpha value is -2.64. The minimum atomic E-state index is -0.171. The number of benzene rings is 1. The lowest BCUT2D eigenvalue weighted by Gasteiger charge is -2.12. The summed E-state index contributed by atoms with van der Waals surface area (Å²) >= 11 is 7.50. The molecular formula is C19H17ClN4O2S. The molecule has 0 atom stereocenters. The lowest BCUT2D eigenvalue weighted by Crippen LogP contribution is -2.23. The molecule has 6 nitrogen and oxygen atoms in total. The molecule has 2 amide bonds. The summed E-state index contributed by atoms with van der Waals surface area (Å²) in [5.74, 6) is -0.0757. The average Bonchev–Trinajstić information content (AvgIpc) is 3.38. The van der Waals surface area contributed by atoms with Gasteiger partial charge in [0.2, 0.25) is 11.8 Å². The van der Waals surface area contributed by atoms with Crippen molar-refractivity contribution in [3.63, 3.8) is 0 Å². The summed E-state index contributed by atoms with van der Waals surface area (Å²) in [7, 11) is 0. The largest absolute Gasteiger partial charge is 0.324 e. The Morgan fingerprint density at radius 2 is 2.11 bits per heavy atom. The van der Waals surface area contributed by atoms with Crippen molar-refractivity contribution in [1.82, 2.24) is 9.55 Å². The highest BCUT2D eigenvalue weighted by Crippen LogP contribution is 2.27. The van der Waals surface area contributed by atoms with Gasteiger partial charge in [-0.15, -0.1) is 11.3 Å². The fourth-order valence-electron chi connectivity index (χ4n) is 3.03. The number of amides is 2. The number of carbonyl (C=O) groups is 2. The van der Waals surface area contributed by atoms with E-state index in [1.807, 2.05) is 34.5 Å². The maximum atomic E-state index is 12.5. The van der Waals surface area contributed by atoms with E-state index >= 15 is 0 Å². The molecule has 1 aliphatic rings. The van der Waals surface area contributed by atoms with Gasteiger partial charge in [0.25, 0.3) is 0 Å². The summed E-state index contributed by atoms with van der Waals surface area (Å²) in [6.45, 7) is 0.697.